The lowest BCUT2D eigenvalue weighted by atomic mass is 10.0. The summed E-state index contributed by atoms with van der Waals surface area (Å²) in [5.74, 6) is 0.697. The molecule has 84 valence electrons. The van der Waals surface area contributed by atoms with Crippen molar-refractivity contribution in [2.75, 3.05) is 20.3 Å². The van der Waals surface area contributed by atoms with Gasteiger partial charge in [-0.05, 0) is 25.8 Å². The maximum absolute atomic E-state index is 5.33. The number of hydrogen-bond donors (Lipinski definition) is 1. The quantitative estimate of drug-likeness (QED) is 0.782. The molecule has 1 aliphatic heterocycles. The summed E-state index contributed by atoms with van der Waals surface area (Å²) in [5.41, 5.74) is 1.00. The molecule has 5 nitrogen and oxygen atoms in total. The van der Waals surface area contributed by atoms with Gasteiger partial charge in [-0.1, -0.05) is 5.21 Å². The second-order valence-electron chi connectivity index (χ2n) is 4.02. The van der Waals surface area contributed by atoms with E-state index in [4.69, 9.17) is 4.74 Å². The number of nitrogens with zero attached hydrogens (tertiary/aromatic N) is 3. The van der Waals surface area contributed by atoms with Gasteiger partial charge in [0.25, 0.3) is 0 Å². The molecule has 1 aliphatic rings. The highest BCUT2D eigenvalue weighted by molar-refractivity contribution is 4.91. The first-order chi connectivity index (χ1) is 7.38. The minimum atomic E-state index is 0.697. The summed E-state index contributed by atoms with van der Waals surface area (Å²) >= 11 is 0. The molecule has 5 heteroatoms. The van der Waals surface area contributed by atoms with E-state index in [2.05, 4.69) is 15.6 Å². The minimum absolute atomic E-state index is 0.697. The Morgan fingerprint density at radius 1 is 1.53 bits per heavy atom. The van der Waals surface area contributed by atoms with Gasteiger partial charge in [0.1, 0.15) is 0 Å². The van der Waals surface area contributed by atoms with Crippen LogP contribution in [0, 0.1) is 5.92 Å². The first-order valence-electron chi connectivity index (χ1n) is 5.50. The van der Waals surface area contributed by atoms with E-state index >= 15 is 0 Å². The maximum atomic E-state index is 5.33. The van der Waals surface area contributed by atoms with E-state index in [1.165, 1.54) is 0 Å². The van der Waals surface area contributed by atoms with Crippen molar-refractivity contribution >= 4 is 0 Å². The lowest BCUT2D eigenvalue weighted by Crippen LogP contribution is -2.20. The zero-order chi connectivity index (χ0) is 10.5. The Bertz CT molecular complexity index is 293. The third-order valence-corrected chi connectivity index (χ3v) is 2.73. The van der Waals surface area contributed by atoms with Crippen LogP contribution in [0.1, 0.15) is 18.5 Å². The summed E-state index contributed by atoms with van der Waals surface area (Å²) in [6.07, 6.45) is 4.30. The molecule has 0 unspecified atom stereocenters. The second-order valence-corrected chi connectivity index (χ2v) is 4.02. The highest BCUT2D eigenvalue weighted by Gasteiger charge is 2.14. The van der Waals surface area contributed by atoms with Gasteiger partial charge in [-0.25, -0.2) is 0 Å². The first kappa shape index (κ1) is 10.6. The summed E-state index contributed by atoms with van der Waals surface area (Å²) in [6.45, 7) is 3.54. The van der Waals surface area contributed by atoms with Crippen molar-refractivity contribution in [3.8, 4) is 0 Å². The number of nitrogens with one attached hydrogen (secondary N) is 1. The van der Waals surface area contributed by atoms with Gasteiger partial charge in [0.05, 0.1) is 5.69 Å². The molecule has 0 saturated carbocycles. The van der Waals surface area contributed by atoms with Gasteiger partial charge in [-0.2, -0.15) is 0 Å². The lowest BCUT2D eigenvalue weighted by Gasteiger charge is -2.21. The first-order valence-corrected chi connectivity index (χ1v) is 5.50. The zero-order valence-corrected chi connectivity index (χ0v) is 9.15. The molecule has 0 aliphatic carbocycles. The Morgan fingerprint density at radius 2 is 2.33 bits per heavy atom. The van der Waals surface area contributed by atoms with E-state index in [-0.39, 0.29) is 0 Å². The summed E-state index contributed by atoms with van der Waals surface area (Å²) in [5, 5.41) is 11.3. The predicted octanol–water partition coefficient (Wildman–Crippen LogP) is 0.424. The molecule has 0 amide bonds. The molecular formula is C10H18N4O. The molecule has 1 fully saturated rings. The minimum Gasteiger partial charge on any atom is -0.381 e. The van der Waals surface area contributed by atoms with Crippen molar-refractivity contribution < 1.29 is 4.74 Å². The predicted molar refractivity (Wildman–Crippen MR) is 56.3 cm³/mol. The highest BCUT2D eigenvalue weighted by atomic mass is 16.5. The monoisotopic (exact) mass is 210 g/mol. The van der Waals surface area contributed by atoms with Crippen LogP contribution in [0.3, 0.4) is 0 Å². The van der Waals surface area contributed by atoms with E-state index in [9.17, 15) is 0 Å². The van der Waals surface area contributed by atoms with E-state index in [1.54, 1.807) is 0 Å². The molecule has 0 radical (unpaired) electrons. The van der Waals surface area contributed by atoms with Gasteiger partial charge < -0.3 is 10.1 Å². The van der Waals surface area contributed by atoms with Gasteiger partial charge in [0.2, 0.25) is 0 Å². The summed E-state index contributed by atoms with van der Waals surface area (Å²) in [6, 6.07) is 0. The van der Waals surface area contributed by atoms with E-state index < -0.39 is 0 Å². The number of aromatic nitrogens is 3. The largest absolute Gasteiger partial charge is 0.381 e. The molecule has 0 aromatic carbocycles. The van der Waals surface area contributed by atoms with Gasteiger partial charge in [-0.15, -0.1) is 5.10 Å². The molecule has 2 rings (SSSR count). The fraction of sp³-hybridized carbons (Fsp3) is 0.800. The molecule has 1 aromatic rings. The fourth-order valence-electron chi connectivity index (χ4n) is 1.88. The number of rotatable bonds is 4. The van der Waals surface area contributed by atoms with Gasteiger partial charge >= 0.3 is 0 Å². The average Bonchev–Trinajstić information content (AvgIpc) is 2.68. The van der Waals surface area contributed by atoms with Crippen LogP contribution >= 0.6 is 0 Å². The molecule has 1 aromatic heterocycles. The molecule has 0 spiro atoms. The summed E-state index contributed by atoms with van der Waals surface area (Å²) in [4.78, 5) is 0. The van der Waals surface area contributed by atoms with Gasteiger partial charge in [-0.3, -0.25) is 4.68 Å². The van der Waals surface area contributed by atoms with Crippen LogP contribution in [-0.4, -0.2) is 35.3 Å². The van der Waals surface area contributed by atoms with Crippen LogP contribution in [0.4, 0.5) is 0 Å². The van der Waals surface area contributed by atoms with Crippen LogP contribution < -0.4 is 5.32 Å². The Morgan fingerprint density at radius 3 is 3.07 bits per heavy atom. The highest BCUT2D eigenvalue weighted by Crippen LogP contribution is 2.16. The van der Waals surface area contributed by atoms with E-state index in [0.717, 1.165) is 44.8 Å². The molecular weight excluding hydrogens is 192 g/mol. The van der Waals surface area contributed by atoms with Crippen LogP contribution in [0.5, 0.6) is 0 Å². The Hall–Kier alpha value is -0.940. The van der Waals surface area contributed by atoms with Crippen molar-refractivity contribution in [1.82, 2.24) is 20.3 Å². The molecule has 1 N–H and O–H groups in total. The second kappa shape index (κ2) is 5.23. The maximum Gasteiger partial charge on any atom is 0.0964 e. The van der Waals surface area contributed by atoms with Crippen molar-refractivity contribution in [2.24, 2.45) is 5.92 Å². The van der Waals surface area contributed by atoms with Gasteiger partial charge in [0.15, 0.2) is 0 Å². The van der Waals surface area contributed by atoms with Crippen molar-refractivity contribution in [2.45, 2.75) is 25.9 Å². The summed E-state index contributed by atoms with van der Waals surface area (Å²) in [7, 11) is 1.91. The molecule has 1 saturated heterocycles. The average molecular weight is 210 g/mol. The Balaban J connectivity index is 1.86. The molecule has 15 heavy (non-hydrogen) atoms. The normalized spacial score (nSPS) is 18.2. The van der Waals surface area contributed by atoms with E-state index in [1.807, 2.05) is 17.9 Å². The SMILES string of the molecule is CNCc1cn(CC2CCOCC2)nn1. The fourth-order valence-corrected chi connectivity index (χ4v) is 1.88. The third-order valence-electron chi connectivity index (χ3n) is 2.73. The van der Waals surface area contributed by atoms with Crippen molar-refractivity contribution in [3.63, 3.8) is 0 Å². The standard InChI is InChI=1S/C10H18N4O/c1-11-6-10-8-14(13-12-10)7-9-2-4-15-5-3-9/h8-9,11H,2-7H2,1H3. The number of ether oxygens (including phenoxy) is 1. The lowest BCUT2D eigenvalue weighted by molar-refractivity contribution is 0.0600. The van der Waals surface area contributed by atoms with Crippen LogP contribution in [0.2, 0.25) is 0 Å². The van der Waals surface area contributed by atoms with Gasteiger partial charge in [0, 0.05) is 32.5 Å². The summed E-state index contributed by atoms with van der Waals surface area (Å²) < 4.78 is 7.27. The smallest absolute Gasteiger partial charge is 0.0964 e. The molecule has 2 heterocycles. The van der Waals surface area contributed by atoms with Crippen LogP contribution in [0.15, 0.2) is 6.20 Å². The van der Waals surface area contributed by atoms with Crippen LogP contribution in [-0.2, 0) is 17.8 Å². The Labute approximate surface area is 89.8 Å². The van der Waals surface area contributed by atoms with Crippen LogP contribution in [0.25, 0.3) is 0 Å². The number of hydrogen-bond acceptors (Lipinski definition) is 4. The molecule has 0 atom stereocenters. The Kier molecular flexibility index (Phi) is 3.69. The van der Waals surface area contributed by atoms with Crippen molar-refractivity contribution in [1.29, 1.82) is 0 Å². The van der Waals surface area contributed by atoms with Crippen molar-refractivity contribution in [3.05, 3.63) is 11.9 Å². The van der Waals surface area contributed by atoms with E-state index in [0.29, 0.717) is 5.92 Å². The molecule has 0 bridgehead atoms. The topological polar surface area (TPSA) is 52.0 Å². The zero-order valence-electron chi connectivity index (χ0n) is 9.15. The third kappa shape index (κ3) is 3.00.